The summed E-state index contributed by atoms with van der Waals surface area (Å²) in [6.07, 6.45) is 2.14. The number of hydrogen-bond acceptors (Lipinski definition) is 3. The first-order valence-electron chi connectivity index (χ1n) is 6.22. The maximum atomic E-state index is 11.2. The molecule has 2 aromatic carbocycles. The summed E-state index contributed by atoms with van der Waals surface area (Å²) in [7, 11) is 0. The van der Waals surface area contributed by atoms with Gasteiger partial charge >= 0.3 is 0 Å². The van der Waals surface area contributed by atoms with E-state index in [-0.39, 0.29) is 5.91 Å². The van der Waals surface area contributed by atoms with Crippen LogP contribution in [0.1, 0.15) is 18.1 Å². The predicted octanol–water partition coefficient (Wildman–Crippen LogP) is 3.20. The number of aliphatic imine (C=N–C) groups is 1. The van der Waals surface area contributed by atoms with Gasteiger partial charge in [-0.3, -0.25) is 4.79 Å². The molecule has 0 bridgehead atoms. The number of nitrogens with one attached hydrogen (secondary N) is 1. The molecular formula is C16H14N2O2. The van der Waals surface area contributed by atoms with Gasteiger partial charge in [0.25, 0.3) is 0 Å². The summed E-state index contributed by atoms with van der Waals surface area (Å²) in [6, 6.07) is 14.9. The summed E-state index contributed by atoms with van der Waals surface area (Å²) < 4.78 is 0. The zero-order chi connectivity index (χ0) is 14.4. The normalized spacial score (nSPS) is 9.65. The Hall–Kier alpha value is -2.71. The summed E-state index contributed by atoms with van der Waals surface area (Å²) in [5, 5.41) is 2.80. The van der Waals surface area contributed by atoms with Crippen LogP contribution in [-0.2, 0) is 16.0 Å². The van der Waals surface area contributed by atoms with Gasteiger partial charge in [0, 0.05) is 19.0 Å². The molecule has 1 N–H and O–H groups in total. The summed E-state index contributed by atoms with van der Waals surface area (Å²) in [5.74, 6) is -0.114. The maximum absolute atomic E-state index is 11.2. The van der Waals surface area contributed by atoms with Crippen LogP contribution in [-0.4, -0.2) is 12.0 Å². The third-order valence-electron chi connectivity index (χ3n) is 2.87. The minimum Gasteiger partial charge on any atom is -0.326 e. The van der Waals surface area contributed by atoms with Crippen LogP contribution in [0.3, 0.4) is 0 Å². The second-order valence-corrected chi connectivity index (χ2v) is 4.35. The quantitative estimate of drug-likeness (QED) is 0.682. The highest BCUT2D eigenvalue weighted by molar-refractivity contribution is 5.89. The molecule has 0 aliphatic heterocycles. The number of carbonyl (C=O) groups is 1. The van der Waals surface area contributed by atoms with Crippen molar-refractivity contribution in [2.75, 3.05) is 5.32 Å². The number of para-hydroxylation sites is 2. The number of benzene rings is 2. The Kier molecular flexibility index (Phi) is 4.43. The van der Waals surface area contributed by atoms with E-state index >= 15 is 0 Å². The standard InChI is InChI=1S/C16H14N2O2/c1-12(20)18-16-9-5-3-7-14(16)10-13-6-2-4-8-15(13)17-11-19/h2-9H,10H2,1H3,(H,18,20). The monoisotopic (exact) mass is 266 g/mol. The average Bonchev–Trinajstić information content (AvgIpc) is 2.43. The van der Waals surface area contributed by atoms with Gasteiger partial charge < -0.3 is 5.32 Å². The van der Waals surface area contributed by atoms with Gasteiger partial charge in [0.2, 0.25) is 12.0 Å². The van der Waals surface area contributed by atoms with Crippen LogP contribution in [0.15, 0.2) is 53.5 Å². The van der Waals surface area contributed by atoms with E-state index in [4.69, 9.17) is 0 Å². The van der Waals surface area contributed by atoms with Crippen molar-refractivity contribution in [3.05, 3.63) is 59.7 Å². The van der Waals surface area contributed by atoms with E-state index in [0.717, 1.165) is 16.8 Å². The summed E-state index contributed by atoms with van der Waals surface area (Å²) in [5.41, 5.74) is 3.25. The Bertz CT molecular complexity index is 674. The third kappa shape index (κ3) is 3.40. The van der Waals surface area contributed by atoms with Crippen molar-refractivity contribution in [1.29, 1.82) is 0 Å². The van der Waals surface area contributed by atoms with Crippen LogP contribution >= 0.6 is 0 Å². The zero-order valence-electron chi connectivity index (χ0n) is 11.1. The molecule has 0 aromatic heterocycles. The van der Waals surface area contributed by atoms with Crippen molar-refractivity contribution in [2.24, 2.45) is 4.99 Å². The SMILES string of the molecule is CC(=O)Nc1ccccc1Cc1ccccc1N=C=O. The molecule has 0 saturated heterocycles. The van der Waals surface area contributed by atoms with Crippen molar-refractivity contribution >= 4 is 23.4 Å². The van der Waals surface area contributed by atoms with Crippen molar-refractivity contribution in [1.82, 2.24) is 0 Å². The molecule has 0 spiro atoms. The third-order valence-corrected chi connectivity index (χ3v) is 2.87. The van der Waals surface area contributed by atoms with Crippen molar-refractivity contribution in [2.45, 2.75) is 13.3 Å². The van der Waals surface area contributed by atoms with Crippen molar-refractivity contribution in [3.63, 3.8) is 0 Å². The summed E-state index contributed by atoms with van der Waals surface area (Å²) in [6.45, 7) is 1.47. The molecule has 0 aliphatic carbocycles. The highest BCUT2D eigenvalue weighted by Crippen LogP contribution is 2.25. The van der Waals surface area contributed by atoms with Gasteiger partial charge in [-0.05, 0) is 23.3 Å². The van der Waals surface area contributed by atoms with Crippen LogP contribution in [0.2, 0.25) is 0 Å². The summed E-state index contributed by atoms with van der Waals surface area (Å²) >= 11 is 0. The number of rotatable bonds is 4. The fourth-order valence-electron chi connectivity index (χ4n) is 2.01. The molecule has 2 rings (SSSR count). The Balaban J connectivity index is 2.35. The lowest BCUT2D eigenvalue weighted by molar-refractivity contribution is -0.114. The Morgan fingerprint density at radius 1 is 1.10 bits per heavy atom. The first-order chi connectivity index (χ1) is 9.70. The second kappa shape index (κ2) is 6.45. The Labute approximate surface area is 117 Å². The topological polar surface area (TPSA) is 58.5 Å². The Morgan fingerprint density at radius 2 is 1.75 bits per heavy atom. The van der Waals surface area contributed by atoms with Crippen LogP contribution in [0.4, 0.5) is 11.4 Å². The van der Waals surface area contributed by atoms with Gasteiger partial charge in [0.15, 0.2) is 0 Å². The lowest BCUT2D eigenvalue weighted by atomic mass is 10.0. The first kappa shape index (κ1) is 13.7. The summed E-state index contributed by atoms with van der Waals surface area (Å²) in [4.78, 5) is 25.3. The fourth-order valence-corrected chi connectivity index (χ4v) is 2.01. The number of isocyanates is 1. The van der Waals surface area contributed by atoms with E-state index in [1.54, 1.807) is 12.1 Å². The predicted molar refractivity (Wildman–Crippen MR) is 77.8 cm³/mol. The minimum absolute atomic E-state index is 0.114. The largest absolute Gasteiger partial charge is 0.326 e. The molecule has 0 radical (unpaired) electrons. The molecule has 0 atom stereocenters. The molecular weight excluding hydrogens is 252 g/mol. The molecule has 0 saturated carbocycles. The molecule has 20 heavy (non-hydrogen) atoms. The first-order valence-corrected chi connectivity index (χ1v) is 6.22. The van der Waals surface area contributed by atoms with Crippen LogP contribution in [0.5, 0.6) is 0 Å². The number of amides is 1. The molecule has 2 aromatic rings. The van der Waals surface area contributed by atoms with Gasteiger partial charge in [0.05, 0.1) is 5.69 Å². The number of anilines is 1. The smallest absolute Gasteiger partial charge is 0.240 e. The van der Waals surface area contributed by atoms with Gasteiger partial charge in [-0.15, -0.1) is 0 Å². The van der Waals surface area contributed by atoms with Gasteiger partial charge in [-0.2, -0.15) is 4.99 Å². The molecule has 0 unspecified atom stereocenters. The van der Waals surface area contributed by atoms with Gasteiger partial charge in [-0.1, -0.05) is 36.4 Å². The fraction of sp³-hybridized carbons (Fsp3) is 0.125. The Morgan fingerprint density at radius 3 is 2.45 bits per heavy atom. The van der Waals surface area contributed by atoms with Crippen molar-refractivity contribution < 1.29 is 9.59 Å². The lowest BCUT2D eigenvalue weighted by Crippen LogP contribution is -2.08. The molecule has 4 nitrogen and oxygen atoms in total. The molecule has 100 valence electrons. The van der Waals surface area contributed by atoms with Crippen molar-refractivity contribution in [3.8, 4) is 0 Å². The molecule has 0 aliphatic rings. The highest BCUT2D eigenvalue weighted by Gasteiger charge is 2.07. The van der Waals surface area contributed by atoms with Gasteiger partial charge in [0.1, 0.15) is 0 Å². The number of nitrogens with zero attached hydrogens (tertiary/aromatic N) is 1. The number of carbonyl (C=O) groups excluding carboxylic acids is 2. The maximum Gasteiger partial charge on any atom is 0.240 e. The van der Waals surface area contributed by atoms with Crippen LogP contribution < -0.4 is 5.32 Å². The van der Waals surface area contributed by atoms with Gasteiger partial charge in [-0.25, -0.2) is 4.79 Å². The van der Waals surface area contributed by atoms with Crippen LogP contribution in [0.25, 0.3) is 0 Å². The molecule has 1 amide bonds. The second-order valence-electron chi connectivity index (χ2n) is 4.35. The lowest BCUT2D eigenvalue weighted by Gasteiger charge is -2.10. The molecule has 0 heterocycles. The van der Waals surface area contributed by atoms with Crippen LogP contribution in [0, 0.1) is 0 Å². The van der Waals surface area contributed by atoms with E-state index in [1.165, 1.54) is 6.92 Å². The minimum atomic E-state index is -0.114. The molecule has 0 fully saturated rings. The van der Waals surface area contributed by atoms with E-state index in [2.05, 4.69) is 10.3 Å². The number of hydrogen-bond donors (Lipinski definition) is 1. The van der Waals surface area contributed by atoms with E-state index < -0.39 is 0 Å². The average molecular weight is 266 g/mol. The van der Waals surface area contributed by atoms with E-state index in [0.29, 0.717) is 12.1 Å². The zero-order valence-corrected chi connectivity index (χ0v) is 11.1. The van der Waals surface area contributed by atoms with E-state index in [1.807, 2.05) is 42.5 Å². The highest BCUT2D eigenvalue weighted by atomic mass is 16.1. The van der Waals surface area contributed by atoms with E-state index in [9.17, 15) is 9.59 Å². The molecule has 4 heteroatoms.